The van der Waals surface area contributed by atoms with Crippen molar-refractivity contribution >= 4 is 11.6 Å². The van der Waals surface area contributed by atoms with E-state index in [0.29, 0.717) is 43.7 Å². The average molecular weight is 302 g/mol. The van der Waals surface area contributed by atoms with Gasteiger partial charge >= 0.3 is 0 Å². The largest absolute Gasteiger partial charge is 0.489 e. The smallest absolute Gasteiger partial charge is 0.138 e. The number of aliphatic hydroxyl groups is 1. The number of halogens is 1. The number of para-hydroxylation sites is 1. The summed E-state index contributed by atoms with van der Waals surface area (Å²) in [5.74, 6) is 0.581. The topological polar surface area (TPSA) is 60.0 Å². The van der Waals surface area contributed by atoms with Gasteiger partial charge in [0, 0.05) is 13.1 Å². The first kappa shape index (κ1) is 15.5. The van der Waals surface area contributed by atoms with Crippen LogP contribution in [0.1, 0.15) is 0 Å². The Morgan fingerprint density at radius 2 is 2.25 bits per heavy atom. The molecule has 0 radical (unpaired) electrons. The standard InChI is InChI=1S/C14H20ClNO4/c15-13-3-1-2-4-14(13)20-9-11(17)7-16-8-12-10-18-5-6-19-12/h1-4,11-12,16-17H,5-10H2. The molecule has 2 N–H and O–H groups in total. The molecule has 1 fully saturated rings. The van der Waals surface area contributed by atoms with E-state index < -0.39 is 6.10 Å². The van der Waals surface area contributed by atoms with Crippen LogP contribution in [0.15, 0.2) is 24.3 Å². The maximum Gasteiger partial charge on any atom is 0.138 e. The van der Waals surface area contributed by atoms with Gasteiger partial charge in [-0.15, -0.1) is 0 Å². The molecule has 0 aliphatic carbocycles. The molecular formula is C14H20ClNO4. The lowest BCUT2D eigenvalue weighted by atomic mass is 10.3. The van der Waals surface area contributed by atoms with Crippen molar-refractivity contribution < 1.29 is 19.3 Å². The summed E-state index contributed by atoms with van der Waals surface area (Å²) in [4.78, 5) is 0. The molecule has 0 bridgehead atoms. The van der Waals surface area contributed by atoms with Gasteiger partial charge in [-0.3, -0.25) is 0 Å². The van der Waals surface area contributed by atoms with E-state index in [4.69, 9.17) is 25.8 Å². The van der Waals surface area contributed by atoms with Crippen molar-refractivity contribution in [1.82, 2.24) is 5.32 Å². The molecule has 1 saturated heterocycles. The number of aliphatic hydroxyl groups excluding tert-OH is 1. The maximum atomic E-state index is 9.83. The molecule has 1 aliphatic rings. The Hall–Kier alpha value is -0.850. The van der Waals surface area contributed by atoms with E-state index in [1.54, 1.807) is 12.1 Å². The third-order valence-corrected chi connectivity index (χ3v) is 3.22. The lowest BCUT2D eigenvalue weighted by molar-refractivity contribution is -0.0869. The molecule has 0 amide bonds. The second kappa shape index (κ2) is 8.44. The molecule has 0 spiro atoms. The fraction of sp³-hybridized carbons (Fsp3) is 0.571. The summed E-state index contributed by atoms with van der Waals surface area (Å²) in [6, 6.07) is 7.20. The van der Waals surface area contributed by atoms with Gasteiger partial charge in [0.1, 0.15) is 18.5 Å². The summed E-state index contributed by atoms with van der Waals surface area (Å²) >= 11 is 5.96. The first-order valence-electron chi connectivity index (χ1n) is 6.71. The zero-order chi connectivity index (χ0) is 14.2. The van der Waals surface area contributed by atoms with Crippen molar-refractivity contribution in [3.8, 4) is 5.75 Å². The van der Waals surface area contributed by atoms with Crippen molar-refractivity contribution in [2.75, 3.05) is 39.5 Å². The van der Waals surface area contributed by atoms with Gasteiger partial charge < -0.3 is 24.6 Å². The molecular weight excluding hydrogens is 282 g/mol. The van der Waals surface area contributed by atoms with Crippen molar-refractivity contribution in [3.63, 3.8) is 0 Å². The van der Waals surface area contributed by atoms with Crippen LogP contribution in [0, 0.1) is 0 Å². The normalized spacial score (nSPS) is 20.6. The molecule has 2 atom stereocenters. The zero-order valence-electron chi connectivity index (χ0n) is 11.3. The third kappa shape index (κ3) is 5.26. The van der Waals surface area contributed by atoms with Crippen molar-refractivity contribution in [2.45, 2.75) is 12.2 Å². The number of benzene rings is 1. The highest BCUT2D eigenvalue weighted by atomic mass is 35.5. The van der Waals surface area contributed by atoms with E-state index >= 15 is 0 Å². The van der Waals surface area contributed by atoms with Crippen LogP contribution in [0.2, 0.25) is 5.02 Å². The molecule has 1 heterocycles. The fourth-order valence-electron chi connectivity index (χ4n) is 1.87. The van der Waals surface area contributed by atoms with Gasteiger partial charge in [0.25, 0.3) is 0 Å². The van der Waals surface area contributed by atoms with E-state index in [0.717, 1.165) is 0 Å². The second-order valence-electron chi connectivity index (χ2n) is 4.62. The molecule has 0 aromatic heterocycles. The van der Waals surface area contributed by atoms with Gasteiger partial charge in [0.05, 0.1) is 30.9 Å². The highest BCUT2D eigenvalue weighted by Crippen LogP contribution is 2.22. The quantitative estimate of drug-likeness (QED) is 0.789. The Bertz CT molecular complexity index is 399. The van der Waals surface area contributed by atoms with Crippen LogP contribution in [0.5, 0.6) is 5.75 Å². The third-order valence-electron chi connectivity index (χ3n) is 2.90. The van der Waals surface area contributed by atoms with Gasteiger partial charge in [-0.2, -0.15) is 0 Å². The number of hydrogen-bond acceptors (Lipinski definition) is 5. The van der Waals surface area contributed by atoms with Gasteiger partial charge in [-0.05, 0) is 12.1 Å². The Labute approximate surface area is 123 Å². The molecule has 6 heteroatoms. The number of hydrogen-bond donors (Lipinski definition) is 2. The van der Waals surface area contributed by atoms with E-state index in [2.05, 4.69) is 5.32 Å². The summed E-state index contributed by atoms with van der Waals surface area (Å²) in [5, 5.41) is 13.5. The van der Waals surface area contributed by atoms with E-state index in [-0.39, 0.29) is 12.7 Å². The highest BCUT2D eigenvalue weighted by molar-refractivity contribution is 6.32. The number of rotatable bonds is 7. The van der Waals surface area contributed by atoms with Gasteiger partial charge in [-0.25, -0.2) is 0 Å². The van der Waals surface area contributed by atoms with Crippen LogP contribution in [0.3, 0.4) is 0 Å². The highest BCUT2D eigenvalue weighted by Gasteiger charge is 2.14. The summed E-state index contributed by atoms with van der Waals surface area (Å²) in [5.41, 5.74) is 0. The molecule has 1 aliphatic heterocycles. The Morgan fingerprint density at radius 1 is 1.40 bits per heavy atom. The monoisotopic (exact) mass is 301 g/mol. The fourth-order valence-corrected chi connectivity index (χ4v) is 2.06. The van der Waals surface area contributed by atoms with Crippen molar-refractivity contribution in [2.24, 2.45) is 0 Å². The molecule has 2 rings (SSSR count). The minimum Gasteiger partial charge on any atom is -0.489 e. The van der Waals surface area contributed by atoms with E-state index in [1.807, 2.05) is 12.1 Å². The Kier molecular flexibility index (Phi) is 6.56. The van der Waals surface area contributed by atoms with Crippen LogP contribution >= 0.6 is 11.6 Å². The number of nitrogens with one attached hydrogen (secondary N) is 1. The van der Waals surface area contributed by atoms with Gasteiger partial charge in [0.2, 0.25) is 0 Å². The average Bonchev–Trinajstić information content (AvgIpc) is 2.47. The molecule has 1 aromatic rings. The van der Waals surface area contributed by atoms with Gasteiger partial charge in [-0.1, -0.05) is 23.7 Å². The lowest BCUT2D eigenvalue weighted by Gasteiger charge is -2.23. The number of ether oxygens (including phenoxy) is 3. The molecule has 2 unspecified atom stereocenters. The van der Waals surface area contributed by atoms with E-state index in [1.165, 1.54) is 0 Å². The van der Waals surface area contributed by atoms with Crippen molar-refractivity contribution in [1.29, 1.82) is 0 Å². The summed E-state index contributed by atoms with van der Waals surface area (Å²) in [6.07, 6.45) is -0.545. The molecule has 1 aromatic carbocycles. The van der Waals surface area contributed by atoms with Gasteiger partial charge in [0.15, 0.2) is 0 Å². The second-order valence-corrected chi connectivity index (χ2v) is 5.03. The minimum absolute atomic E-state index is 0.0560. The Morgan fingerprint density at radius 3 is 3.00 bits per heavy atom. The van der Waals surface area contributed by atoms with Crippen molar-refractivity contribution in [3.05, 3.63) is 29.3 Å². The minimum atomic E-state index is -0.601. The molecule has 0 saturated carbocycles. The Balaban J connectivity index is 1.60. The van der Waals surface area contributed by atoms with Crippen LogP contribution in [0.4, 0.5) is 0 Å². The SMILES string of the molecule is OC(CNCC1COCCO1)COc1ccccc1Cl. The van der Waals surface area contributed by atoms with Crippen LogP contribution in [0.25, 0.3) is 0 Å². The maximum absolute atomic E-state index is 9.83. The van der Waals surface area contributed by atoms with E-state index in [9.17, 15) is 5.11 Å². The van der Waals surface area contributed by atoms with Crippen LogP contribution in [-0.2, 0) is 9.47 Å². The zero-order valence-corrected chi connectivity index (χ0v) is 12.0. The summed E-state index contributed by atoms with van der Waals surface area (Å²) in [7, 11) is 0. The van der Waals surface area contributed by atoms with Crippen LogP contribution in [-0.4, -0.2) is 56.8 Å². The molecule has 112 valence electrons. The molecule has 5 nitrogen and oxygen atoms in total. The summed E-state index contributed by atoms with van der Waals surface area (Å²) < 4.78 is 16.2. The molecule has 20 heavy (non-hydrogen) atoms. The summed E-state index contributed by atoms with van der Waals surface area (Å²) in [6.45, 7) is 3.17. The lowest BCUT2D eigenvalue weighted by Crippen LogP contribution is -2.41. The predicted octanol–water partition coefficient (Wildman–Crippen LogP) is 1.08. The van der Waals surface area contributed by atoms with Crippen LogP contribution < -0.4 is 10.1 Å². The first-order chi connectivity index (χ1) is 9.75. The predicted molar refractivity (Wildman–Crippen MR) is 76.4 cm³/mol. The first-order valence-corrected chi connectivity index (χ1v) is 7.09.